The lowest BCUT2D eigenvalue weighted by Gasteiger charge is -2.28. The maximum absolute atomic E-state index is 13.0. The van der Waals surface area contributed by atoms with Crippen LogP contribution >= 0.6 is 11.6 Å². The molecular weight excluding hydrogens is 468 g/mol. The number of benzene rings is 1. The van der Waals surface area contributed by atoms with Crippen LogP contribution in [0.5, 0.6) is 5.75 Å². The molecule has 0 saturated carbocycles. The molecule has 3 aromatic heterocycles. The Morgan fingerprint density at radius 1 is 1.17 bits per heavy atom. The van der Waals surface area contributed by atoms with Gasteiger partial charge in [0.2, 0.25) is 0 Å². The van der Waals surface area contributed by atoms with E-state index in [1.54, 1.807) is 29.0 Å². The van der Waals surface area contributed by atoms with Crippen molar-refractivity contribution in [2.75, 3.05) is 44.4 Å². The number of aliphatic hydroxyl groups excluding tert-OH is 1. The van der Waals surface area contributed by atoms with Gasteiger partial charge in [-0.05, 0) is 41.5 Å². The predicted molar refractivity (Wildman–Crippen MR) is 137 cm³/mol. The van der Waals surface area contributed by atoms with E-state index in [1.165, 1.54) is 0 Å². The van der Waals surface area contributed by atoms with Gasteiger partial charge < -0.3 is 28.6 Å². The van der Waals surface area contributed by atoms with Gasteiger partial charge in [-0.15, -0.1) is 0 Å². The van der Waals surface area contributed by atoms with Gasteiger partial charge in [0.15, 0.2) is 0 Å². The van der Waals surface area contributed by atoms with Crippen molar-refractivity contribution in [2.45, 2.75) is 6.54 Å². The highest BCUT2D eigenvalue weighted by molar-refractivity contribution is 6.30. The number of pyridine rings is 2. The van der Waals surface area contributed by atoms with Crippen molar-refractivity contribution < 1.29 is 14.6 Å². The number of rotatable bonds is 7. The Kier molecular flexibility index (Phi) is 6.77. The lowest BCUT2D eigenvalue weighted by Crippen LogP contribution is -2.36. The van der Waals surface area contributed by atoms with Crippen molar-refractivity contribution in [1.82, 2.24) is 14.1 Å². The zero-order valence-electron chi connectivity index (χ0n) is 19.5. The second-order valence-electron chi connectivity index (χ2n) is 8.57. The van der Waals surface area contributed by atoms with E-state index in [-0.39, 0.29) is 18.8 Å². The Labute approximate surface area is 207 Å². The first-order valence-corrected chi connectivity index (χ1v) is 11.9. The Bertz CT molecular complexity index is 1410. The lowest BCUT2D eigenvalue weighted by molar-refractivity contribution is 0.122. The zero-order valence-corrected chi connectivity index (χ0v) is 20.2. The molecular formula is C26H27ClN4O4. The minimum atomic E-state index is -0.116. The first kappa shape index (κ1) is 23.4. The quantitative estimate of drug-likeness (QED) is 0.424. The average molecular weight is 495 g/mol. The van der Waals surface area contributed by atoms with Crippen LogP contribution in [-0.2, 0) is 18.3 Å². The fraction of sp³-hybridized carbons (Fsp3) is 0.308. The summed E-state index contributed by atoms with van der Waals surface area (Å²) in [5.74, 6) is 0.561. The topological polar surface area (TPSA) is 81.8 Å². The summed E-state index contributed by atoms with van der Waals surface area (Å²) >= 11 is 6.22. The molecule has 5 rings (SSSR count). The van der Waals surface area contributed by atoms with E-state index < -0.39 is 0 Å². The van der Waals surface area contributed by atoms with Gasteiger partial charge in [0, 0.05) is 54.6 Å². The second kappa shape index (κ2) is 10.1. The third kappa shape index (κ3) is 5.05. The van der Waals surface area contributed by atoms with E-state index in [9.17, 15) is 4.79 Å². The van der Waals surface area contributed by atoms with Gasteiger partial charge in [0.05, 0.1) is 38.2 Å². The number of anilines is 1. The number of hydrogen-bond donors (Lipinski definition) is 1. The van der Waals surface area contributed by atoms with Crippen LogP contribution in [0.25, 0.3) is 22.2 Å². The van der Waals surface area contributed by atoms with Gasteiger partial charge in [-0.1, -0.05) is 11.6 Å². The van der Waals surface area contributed by atoms with Crippen molar-refractivity contribution in [2.24, 2.45) is 7.05 Å². The van der Waals surface area contributed by atoms with Crippen molar-refractivity contribution in [1.29, 1.82) is 0 Å². The highest BCUT2D eigenvalue weighted by atomic mass is 35.5. The fourth-order valence-electron chi connectivity index (χ4n) is 4.44. The molecule has 1 saturated heterocycles. The summed E-state index contributed by atoms with van der Waals surface area (Å²) in [6.45, 7) is 3.54. The van der Waals surface area contributed by atoms with Crippen molar-refractivity contribution >= 4 is 28.3 Å². The number of aromatic nitrogens is 3. The number of halogens is 1. The smallest absolute Gasteiger partial charge is 0.251 e. The fourth-order valence-corrected chi connectivity index (χ4v) is 4.68. The summed E-state index contributed by atoms with van der Waals surface area (Å²) in [5, 5.41) is 10.5. The summed E-state index contributed by atoms with van der Waals surface area (Å²) in [4.78, 5) is 20.0. The van der Waals surface area contributed by atoms with Crippen LogP contribution in [0.3, 0.4) is 0 Å². The van der Waals surface area contributed by atoms with E-state index in [1.807, 2.05) is 36.1 Å². The van der Waals surface area contributed by atoms with Crippen LogP contribution in [0.1, 0.15) is 5.56 Å². The molecule has 1 fully saturated rings. The molecule has 0 spiro atoms. The monoisotopic (exact) mass is 494 g/mol. The minimum Gasteiger partial charge on any atom is -0.491 e. The highest BCUT2D eigenvalue weighted by Crippen LogP contribution is 2.31. The van der Waals surface area contributed by atoms with Crippen LogP contribution < -0.4 is 15.2 Å². The maximum Gasteiger partial charge on any atom is 0.251 e. The normalized spacial score (nSPS) is 14.0. The van der Waals surface area contributed by atoms with Crippen molar-refractivity contribution in [3.8, 4) is 16.9 Å². The Morgan fingerprint density at radius 3 is 2.77 bits per heavy atom. The van der Waals surface area contributed by atoms with E-state index in [0.29, 0.717) is 30.5 Å². The summed E-state index contributed by atoms with van der Waals surface area (Å²) in [6.07, 6.45) is 5.71. The Hall–Kier alpha value is -3.33. The van der Waals surface area contributed by atoms with Gasteiger partial charge >= 0.3 is 0 Å². The number of nitrogens with zero attached hydrogens (tertiary/aromatic N) is 4. The first-order valence-electron chi connectivity index (χ1n) is 11.5. The molecule has 1 aliphatic rings. The van der Waals surface area contributed by atoms with E-state index in [2.05, 4.69) is 11.0 Å². The number of aryl methyl sites for hydroxylation is 1. The van der Waals surface area contributed by atoms with Crippen LogP contribution in [0.15, 0.2) is 59.8 Å². The summed E-state index contributed by atoms with van der Waals surface area (Å²) in [5.41, 5.74) is 4.46. The molecule has 0 atom stereocenters. The molecule has 0 aliphatic carbocycles. The maximum atomic E-state index is 13.0. The number of morpholine rings is 1. The first-order chi connectivity index (χ1) is 17.0. The molecule has 35 heavy (non-hydrogen) atoms. The summed E-state index contributed by atoms with van der Waals surface area (Å²) in [6, 6.07) is 11.1. The molecule has 1 aromatic carbocycles. The van der Waals surface area contributed by atoms with Crippen LogP contribution in [-0.4, -0.2) is 58.7 Å². The molecule has 182 valence electrons. The third-order valence-electron chi connectivity index (χ3n) is 6.13. The summed E-state index contributed by atoms with van der Waals surface area (Å²) < 4.78 is 14.6. The molecule has 0 unspecified atom stereocenters. The van der Waals surface area contributed by atoms with Crippen LogP contribution in [0, 0.1) is 0 Å². The molecule has 1 N–H and O–H groups in total. The number of hydrogen-bond acceptors (Lipinski definition) is 6. The number of ether oxygens (including phenoxy) is 2. The largest absolute Gasteiger partial charge is 0.491 e. The predicted octanol–water partition coefficient (Wildman–Crippen LogP) is 3.31. The zero-order chi connectivity index (χ0) is 24.4. The SMILES string of the molecule is Cn1cc(-c2ccn(Cc3cc(Cl)cc(OCCO)c3)c(=O)c2)c2cc(N3CCOCC3)cnc21. The number of fused-ring (bicyclic) bond motifs is 1. The third-order valence-corrected chi connectivity index (χ3v) is 6.34. The molecule has 4 heterocycles. The van der Waals surface area contributed by atoms with E-state index in [0.717, 1.165) is 46.5 Å². The molecule has 8 nitrogen and oxygen atoms in total. The molecule has 9 heteroatoms. The van der Waals surface area contributed by atoms with Gasteiger partial charge in [0.1, 0.15) is 18.0 Å². The van der Waals surface area contributed by atoms with Crippen molar-refractivity contribution in [3.05, 3.63) is 75.9 Å². The second-order valence-corrected chi connectivity index (χ2v) is 9.00. The van der Waals surface area contributed by atoms with E-state index in [4.69, 9.17) is 31.2 Å². The molecule has 4 aromatic rings. The highest BCUT2D eigenvalue weighted by Gasteiger charge is 2.16. The van der Waals surface area contributed by atoms with Gasteiger partial charge in [0.25, 0.3) is 5.56 Å². The Balaban J connectivity index is 1.45. The number of aliphatic hydroxyl groups is 1. The molecule has 0 amide bonds. The molecule has 0 radical (unpaired) electrons. The van der Waals surface area contributed by atoms with Gasteiger partial charge in [-0.3, -0.25) is 4.79 Å². The van der Waals surface area contributed by atoms with E-state index >= 15 is 0 Å². The molecule has 0 bridgehead atoms. The molecule has 1 aliphatic heterocycles. The average Bonchev–Trinajstić information content (AvgIpc) is 3.20. The Morgan fingerprint density at radius 2 is 2.00 bits per heavy atom. The standard InChI is InChI=1S/C26H27ClN4O4/c1-29-17-24(23-14-21(15-28-26(23)29)30-4-7-34-8-5-30)19-2-3-31(25(33)12-19)16-18-10-20(27)13-22(11-18)35-9-6-32/h2-3,10-15,17,32H,4-9,16H2,1H3. The lowest BCUT2D eigenvalue weighted by atomic mass is 10.1. The minimum absolute atomic E-state index is 0.0829. The van der Waals surface area contributed by atoms with Crippen LogP contribution in [0.4, 0.5) is 5.69 Å². The summed E-state index contributed by atoms with van der Waals surface area (Å²) in [7, 11) is 1.96. The van der Waals surface area contributed by atoms with Crippen molar-refractivity contribution in [3.63, 3.8) is 0 Å². The van der Waals surface area contributed by atoms with Crippen LogP contribution in [0.2, 0.25) is 5.02 Å². The van der Waals surface area contributed by atoms with Gasteiger partial charge in [-0.2, -0.15) is 0 Å². The van der Waals surface area contributed by atoms with Gasteiger partial charge in [-0.25, -0.2) is 4.98 Å².